The summed E-state index contributed by atoms with van der Waals surface area (Å²) in [5.74, 6) is -0.213. The van der Waals surface area contributed by atoms with Gasteiger partial charge in [0.25, 0.3) is 5.91 Å². The van der Waals surface area contributed by atoms with E-state index in [4.69, 9.17) is 4.74 Å². The highest BCUT2D eigenvalue weighted by molar-refractivity contribution is 6.39. The summed E-state index contributed by atoms with van der Waals surface area (Å²) in [7, 11) is 1.66. The average molecular weight is 251 g/mol. The predicted octanol–water partition coefficient (Wildman–Crippen LogP) is 0.0575. The van der Waals surface area contributed by atoms with Gasteiger partial charge in [0.05, 0.1) is 6.61 Å². The van der Waals surface area contributed by atoms with E-state index in [1.165, 1.54) is 5.57 Å². The van der Waals surface area contributed by atoms with Crippen molar-refractivity contribution in [3.63, 3.8) is 0 Å². The summed E-state index contributed by atoms with van der Waals surface area (Å²) >= 11 is 0. The summed E-state index contributed by atoms with van der Waals surface area (Å²) in [5.41, 5.74) is 4.01. The van der Waals surface area contributed by atoms with E-state index < -0.39 is 0 Å². The zero-order valence-electron chi connectivity index (χ0n) is 10.4. The minimum Gasteiger partial charge on any atom is -0.380 e. The fourth-order valence-electron chi connectivity index (χ4n) is 2.02. The average Bonchev–Trinajstić information content (AvgIpc) is 2.40. The second-order valence-electron chi connectivity index (χ2n) is 4.39. The number of nitrogens with one attached hydrogen (secondary N) is 1. The van der Waals surface area contributed by atoms with Gasteiger partial charge in [0.2, 0.25) is 5.91 Å². The molecule has 0 aromatic heterocycles. The van der Waals surface area contributed by atoms with Crippen molar-refractivity contribution in [2.75, 3.05) is 26.8 Å². The highest BCUT2D eigenvalue weighted by Gasteiger charge is 2.24. The largest absolute Gasteiger partial charge is 0.380 e. The van der Waals surface area contributed by atoms with Crippen molar-refractivity contribution in [3.8, 4) is 0 Å². The van der Waals surface area contributed by atoms with Crippen LogP contribution in [-0.2, 0) is 14.3 Å². The lowest BCUT2D eigenvalue weighted by Gasteiger charge is -2.27. The van der Waals surface area contributed by atoms with Crippen LogP contribution in [0.2, 0.25) is 0 Å². The number of hydrogen-bond donors (Lipinski definition) is 1. The van der Waals surface area contributed by atoms with Crippen molar-refractivity contribution in [2.45, 2.75) is 19.3 Å². The number of hydrogen-bond acceptors (Lipinski definition) is 4. The second-order valence-corrected chi connectivity index (χ2v) is 4.39. The molecule has 0 unspecified atom stereocenters. The summed E-state index contributed by atoms with van der Waals surface area (Å²) in [6, 6.07) is 0. The SMILES string of the molecule is COCC1=CCN(C(=O)C2=NNC(=O)CC2)CC1. The van der Waals surface area contributed by atoms with Crippen molar-refractivity contribution in [2.24, 2.45) is 5.10 Å². The van der Waals surface area contributed by atoms with Gasteiger partial charge in [0.1, 0.15) is 5.71 Å². The van der Waals surface area contributed by atoms with Crippen molar-refractivity contribution in [1.29, 1.82) is 0 Å². The van der Waals surface area contributed by atoms with Crippen LogP contribution in [0.1, 0.15) is 19.3 Å². The Bertz CT molecular complexity index is 415. The van der Waals surface area contributed by atoms with Gasteiger partial charge in [-0.25, -0.2) is 5.43 Å². The number of carbonyl (C=O) groups excluding carboxylic acids is 2. The van der Waals surface area contributed by atoms with Gasteiger partial charge in [-0.05, 0) is 12.0 Å². The molecule has 0 radical (unpaired) electrons. The number of rotatable bonds is 3. The Morgan fingerprint density at radius 3 is 2.89 bits per heavy atom. The van der Waals surface area contributed by atoms with Crippen LogP contribution in [-0.4, -0.2) is 49.2 Å². The molecule has 2 aliphatic heterocycles. The van der Waals surface area contributed by atoms with Crippen LogP contribution in [0.15, 0.2) is 16.8 Å². The molecule has 0 saturated carbocycles. The molecule has 0 saturated heterocycles. The van der Waals surface area contributed by atoms with E-state index in [-0.39, 0.29) is 11.8 Å². The van der Waals surface area contributed by atoms with E-state index in [0.29, 0.717) is 38.2 Å². The first-order chi connectivity index (χ1) is 8.70. The van der Waals surface area contributed by atoms with Crippen LogP contribution >= 0.6 is 0 Å². The minimum atomic E-state index is -0.132. The molecule has 2 aliphatic rings. The maximum absolute atomic E-state index is 12.1. The molecule has 6 heteroatoms. The van der Waals surface area contributed by atoms with Crippen LogP contribution in [0.25, 0.3) is 0 Å². The Kier molecular flexibility index (Phi) is 4.09. The molecule has 6 nitrogen and oxygen atoms in total. The van der Waals surface area contributed by atoms with Crippen LogP contribution in [0.5, 0.6) is 0 Å². The summed E-state index contributed by atoms with van der Waals surface area (Å²) in [6.45, 7) is 1.89. The molecule has 2 amide bonds. The number of methoxy groups -OCH3 is 1. The number of ether oxygens (including phenoxy) is 1. The van der Waals surface area contributed by atoms with Gasteiger partial charge in [-0.3, -0.25) is 9.59 Å². The fourth-order valence-corrected chi connectivity index (χ4v) is 2.02. The van der Waals surface area contributed by atoms with Crippen molar-refractivity contribution in [1.82, 2.24) is 10.3 Å². The Labute approximate surface area is 106 Å². The first-order valence-electron chi connectivity index (χ1n) is 6.02. The van der Waals surface area contributed by atoms with Crippen molar-refractivity contribution < 1.29 is 14.3 Å². The minimum absolute atomic E-state index is 0.0808. The lowest BCUT2D eigenvalue weighted by molar-refractivity contribution is -0.124. The van der Waals surface area contributed by atoms with Gasteiger partial charge in [-0.1, -0.05) is 6.08 Å². The van der Waals surface area contributed by atoms with Gasteiger partial charge in [-0.2, -0.15) is 5.10 Å². The first kappa shape index (κ1) is 12.8. The van der Waals surface area contributed by atoms with E-state index in [2.05, 4.69) is 10.5 Å². The molecule has 0 fully saturated rings. The number of carbonyl (C=O) groups is 2. The molecular formula is C12H17N3O3. The van der Waals surface area contributed by atoms with Crippen molar-refractivity contribution in [3.05, 3.63) is 11.6 Å². The summed E-state index contributed by atoms with van der Waals surface area (Å²) in [6.07, 6.45) is 3.62. The van der Waals surface area contributed by atoms with E-state index in [0.717, 1.165) is 6.42 Å². The van der Waals surface area contributed by atoms with Gasteiger partial charge < -0.3 is 9.64 Å². The molecule has 0 aromatic rings. The second kappa shape index (κ2) is 5.77. The highest BCUT2D eigenvalue weighted by Crippen LogP contribution is 2.13. The molecule has 2 rings (SSSR count). The van der Waals surface area contributed by atoms with E-state index >= 15 is 0 Å². The van der Waals surface area contributed by atoms with Gasteiger partial charge in [0.15, 0.2) is 0 Å². The Hall–Kier alpha value is -1.69. The lowest BCUT2D eigenvalue weighted by atomic mass is 10.1. The zero-order valence-corrected chi connectivity index (χ0v) is 10.4. The Balaban J connectivity index is 1.93. The Morgan fingerprint density at radius 1 is 1.50 bits per heavy atom. The first-order valence-corrected chi connectivity index (χ1v) is 6.02. The molecule has 0 aliphatic carbocycles. The van der Waals surface area contributed by atoms with E-state index in [1.54, 1.807) is 12.0 Å². The van der Waals surface area contributed by atoms with E-state index in [9.17, 15) is 9.59 Å². The lowest BCUT2D eigenvalue weighted by Crippen LogP contribution is -2.42. The molecule has 2 heterocycles. The standard InChI is InChI=1S/C12H17N3O3/c1-18-8-9-4-6-15(7-5-9)12(17)10-2-3-11(16)14-13-10/h4H,2-3,5-8H2,1H3,(H,14,16). The van der Waals surface area contributed by atoms with Crippen LogP contribution < -0.4 is 5.43 Å². The summed E-state index contributed by atoms with van der Waals surface area (Å²) < 4.78 is 5.06. The zero-order chi connectivity index (χ0) is 13.0. The number of amides is 2. The molecule has 0 aromatic carbocycles. The van der Waals surface area contributed by atoms with Crippen molar-refractivity contribution >= 4 is 17.5 Å². The smallest absolute Gasteiger partial charge is 0.270 e. The number of hydrazone groups is 1. The predicted molar refractivity (Wildman–Crippen MR) is 66.0 cm³/mol. The molecule has 98 valence electrons. The van der Waals surface area contributed by atoms with Crippen LogP contribution in [0, 0.1) is 0 Å². The monoisotopic (exact) mass is 251 g/mol. The summed E-state index contributed by atoms with van der Waals surface area (Å²) in [4.78, 5) is 24.8. The maximum Gasteiger partial charge on any atom is 0.270 e. The third-order valence-electron chi connectivity index (χ3n) is 3.07. The third kappa shape index (κ3) is 2.95. The molecular weight excluding hydrogens is 234 g/mol. The number of nitrogens with zero attached hydrogens (tertiary/aromatic N) is 2. The van der Waals surface area contributed by atoms with Crippen LogP contribution in [0.3, 0.4) is 0 Å². The van der Waals surface area contributed by atoms with Gasteiger partial charge in [-0.15, -0.1) is 0 Å². The quantitative estimate of drug-likeness (QED) is 0.721. The topological polar surface area (TPSA) is 71.0 Å². The third-order valence-corrected chi connectivity index (χ3v) is 3.07. The molecule has 0 bridgehead atoms. The molecule has 18 heavy (non-hydrogen) atoms. The maximum atomic E-state index is 12.1. The molecule has 1 N–H and O–H groups in total. The van der Waals surface area contributed by atoms with Gasteiger partial charge in [0, 0.05) is 33.0 Å². The fraction of sp³-hybridized carbons (Fsp3) is 0.583. The van der Waals surface area contributed by atoms with Gasteiger partial charge >= 0.3 is 0 Å². The normalized spacial score (nSPS) is 20.1. The molecule has 0 spiro atoms. The summed E-state index contributed by atoms with van der Waals surface area (Å²) in [5, 5.41) is 3.82. The highest BCUT2D eigenvalue weighted by atomic mass is 16.5. The van der Waals surface area contributed by atoms with E-state index in [1.807, 2.05) is 6.08 Å². The molecule has 0 atom stereocenters. The Morgan fingerprint density at radius 2 is 2.33 bits per heavy atom. The van der Waals surface area contributed by atoms with Crippen LogP contribution in [0.4, 0.5) is 0 Å².